The van der Waals surface area contributed by atoms with Gasteiger partial charge in [0.25, 0.3) is 17.3 Å². The van der Waals surface area contributed by atoms with Crippen molar-refractivity contribution in [3.05, 3.63) is 67.8 Å². The van der Waals surface area contributed by atoms with E-state index in [1.807, 2.05) is 4.90 Å². The number of thiocarbonyl (C=S) groups is 1. The number of carbonyl (C=O) groups is 1. The first-order chi connectivity index (χ1) is 14.3. The molecule has 2 aromatic carbocycles. The average molecular weight is 429 g/mol. The number of carbonyl (C=O) groups excluding carboxylic acids is 1. The highest BCUT2D eigenvalue weighted by atomic mass is 32.1. The van der Waals surface area contributed by atoms with Crippen molar-refractivity contribution in [2.24, 2.45) is 0 Å². The van der Waals surface area contributed by atoms with Gasteiger partial charge in [-0.2, -0.15) is 0 Å². The van der Waals surface area contributed by atoms with Crippen molar-refractivity contribution in [2.75, 3.05) is 23.3 Å². The first-order valence-electron chi connectivity index (χ1n) is 9.17. The summed E-state index contributed by atoms with van der Waals surface area (Å²) in [7, 11) is 0. The smallest absolute Gasteiger partial charge is 0.293 e. The summed E-state index contributed by atoms with van der Waals surface area (Å²) in [5.74, 6) is -0.619. The Morgan fingerprint density at radius 2 is 1.77 bits per heavy atom. The maximum atomic E-state index is 12.5. The van der Waals surface area contributed by atoms with E-state index in [2.05, 4.69) is 10.6 Å². The monoisotopic (exact) mass is 429 g/mol. The van der Waals surface area contributed by atoms with Gasteiger partial charge in [-0.15, -0.1) is 0 Å². The number of amides is 1. The number of aryl methyl sites for hydroxylation is 1. The number of hydrogen-bond acceptors (Lipinski definition) is 7. The molecule has 0 aliphatic carbocycles. The number of rotatable bonds is 5. The van der Waals surface area contributed by atoms with E-state index in [0.29, 0.717) is 16.9 Å². The molecule has 0 radical (unpaired) electrons. The highest BCUT2D eigenvalue weighted by molar-refractivity contribution is 7.80. The minimum Gasteiger partial charge on any atom is -0.366 e. The number of nitrogens with zero attached hydrogens (tertiary/aromatic N) is 3. The number of non-ortho nitro benzene ring substituents is 1. The molecule has 1 amide bonds. The summed E-state index contributed by atoms with van der Waals surface area (Å²) >= 11 is 5.12. The van der Waals surface area contributed by atoms with Crippen LogP contribution in [0.4, 0.5) is 22.7 Å². The normalized spacial score (nSPS) is 13.0. The molecule has 1 aliphatic rings. The molecule has 0 atom stereocenters. The van der Waals surface area contributed by atoms with Gasteiger partial charge in [0.15, 0.2) is 5.11 Å². The lowest BCUT2D eigenvalue weighted by molar-refractivity contribution is -0.384. The minimum absolute atomic E-state index is 0.0742. The van der Waals surface area contributed by atoms with Gasteiger partial charge in [0.1, 0.15) is 5.69 Å². The van der Waals surface area contributed by atoms with Gasteiger partial charge in [0, 0.05) is 42.5 Å². The first-order valence-corrected chi connectivity index (χ1v) is 9.58. The van der Waals surface area contributed by atoms with Crippen molar-refractivity contribution in [2.45, 2.75) is 19.8 Å². The fourth-order valence-electron chi connectivity index (χ4n) is 3.22. The molecule has 1 aliphatic heterocycles. The molecule has 0 unspecified atom stereocenters. The Bertz CT molecular complexity index is 1040. The van der Waals surface area contributed by atoms with Crippen LogP contribution in [0.1, 0.15) is 28.8 Å². The lowest BCUT2D eigenvalue weighted by Gasteiger charge is -2.18. The molecule has 0 spiro atoms. The number of benzene rings is 2. The van der Waals surface area contributed by atoms with Crippen LogP contribution in [0.3, 0.4) is 0 Å². The van der Waals surface area contributed by atoms with Crippen LogP contribution < -0.4 is 15.5 Å². The molecule has 2 aromatic rings. The van der Waals surface area contributed by atoms with Crippen LogP contribution in [0, 0.1) is 27.2 Å². The van der Waals surface area contributed by atoms with Crippen molar-refractivity contribution < 1.29 is 14.6 Å². The van der Waals surface area contributed by atoms with Gasteiger partial charge in [-0.25, -0.2) is 0 Å². The third-order valence-electron chi connectivity index (χ3n) is 4.79. The van der Waals surface area contributed by atoms with E-state index in [4.69, 9.17) is 12.2 Å². The molecule has 1 heterocycles. The molecule has 3 rings (SSSR count). The number of nitro groups is 2. The Kier molecular flexibility index (Phi) is 6.21. The van der Waals surface area contributed by atoms with Gasteiger partial charge in [-0.1, -0.05) is 6.07 Å². The largest absolute Gasteiger partial charge is 0.366 e. The number of nitrogens with one attached hydrogen (secondary N) is 2. The van der Waals surface area contributed by atoms with Crippen LogP contribution >= 0.6 is 12.2 Å². The zero-order chi connectivity index (χ0) is 21.8. The number of hydrogen-bond donors (Lipinski definition) is 2. The summed E-state index contributed by atoms with van der Waals surface area (Å²) in [6, 6.07) is 8.54. The van der Waals surface area contributed by atoms with Crippen molar-refractivity contribution >= 4 is 46.0 Å². The molecule has 0 bridgehead atoms. The second-order valence-electron chi connectivity index (χ2n) is 6.82. The molecular weight excluding hydrogens is 410 g/mol. The van der Waals surface area contributed by atoms with Crippen molar-refractivity contribution in [1.29, 1.82) is 0 Å². The summed E-state index contributed by atoms with van der Waals surface area (Å²) in [4.78, 5) is 35.9. The van der Waals surface area contributed by atoms with Gasteiger partial charge >= 0.3 is 0 Å². The zero-order valence-electron chi connectivity index (χ0n) is 16.1. The second-order valence-corrected chi connectivity index (χ2v) is 7.23. The minimum atomic E-state index is -0.619. The summed E-state index contributed by atoms with van der Waals surface area (Å²) in [5, 5.41) is 27.6. The van der Waals surface area contributed by atoms with E-state index < -0.39 is 15.8 Å². The van der Waals surface area contributed by atoms with Gasteiger partial charge in [0.2, 0.25) is 0 Å². The summed E-state index contributed by atoms with van der Waals surface area (Å²) in [6.45, 7) is 3.21. The van der Waals surface area contributed by atoms with Crippen molar-refractivity contribution in [3.8, 4) is 0 Å². The Balaban J connectivity index is 1.75. The van der Waals surface area contributed by atoms with Crippen LogP contribution in [0.2, 0.25) is 0 Å². The van der Waals surface area contributed by atoms with Gasteiger partial charge in [0.05, 0.1) is 9.85 Å². The van der Waals surface area contributed by atoms with Gasteiger partial charge < -0.3 is 10.2 Å². The SMILES string of the molecule is Cc1ccc([N+](=O)[O-])cc1NC(=S)NC(=O)c1ccc(N2CCCC2)c([N+](=O)[O-])c1. The molecule has 2 N–H and O–H groups in total. The molecule has 0 saturated carbocycles. The van der Waals surface area contributed by atoms with Crippen LogP contribution in [0.5, 0.6) is 0 Å². The maximum absolute atomic E-state index is 12.5. The molecule has 156 valence electrons. The molecule has 11 heteroatoms. The topological polar surface area (TPSA) is 131 Å². The van der Waals surface area contributed by atoms with E-state index in [0.717, 1.165) is 25.9 Å². The highest BCUT2D eigenvalue weighted by Gasteiger charge is 2.24. The van der Waals surface area contributed by atoms with Gasteiger partial charge in [-0.3, -0.25) is 30.3 Å². The Morgan fingerprint density at radius 3 is 2.40 bits per heavy atom. The van der Waals surface area contributed by atoms with E-state index in [-0.39, 0.29) is 22.1 Å². The predicted molar refractivity (Wildman–Crippen MR) is 116 cm³/mol. The second kappa shape index (κ2) is 8.82. The fraction of sp³-hybridized carbons (Fsp3) is 0.263. The van der Waals surface area contributed by atoms with Crippen LogP contribution in [-0.4, -0.2) is 34.0 Å². The molecule has 0 aromatic heterocycles. The Labute approximate surface area is 177 Å². The number of nitro benzene ring substituents is 2. The van der Waals surface area contributed by atoms with Crippen LogP contribution in [0.25, 0.3) is 0 Å². The van der Waals surface area contributed by atoms with E-state index in [1.165, 1.54) is 24.3 Å². The predicted octanol–water partition coefficient (Wildman–Crippen LogP) is 3.54. The standard InChI is InChI=1S/C19H19N5O5S/c1-12-4-6-14(23(26)27)11-15(12)20-19(30)21-18(25)13-5-7-16(17(10-13)24(28)29)22-8-2-3-9-22/h4-7,10-11H,2-3,8-9H2,1H3,(H2,20,21,25,30). The first kappa shape index (κ1) is 21.1. The lowest BCUT2D eigenvalue weighted by atomic mass is 10.1. The Hall–Kier alpha value is -3.60. The van der Waals surface area contributed by atoms with E-state index in [9.17, 15) is 25.0 Å². The van der Waals surface area contributed by atoms with Crippen LogP contribution in [0.15, 0.2) is 36.4 Å². The van der Waals surface area contributed by atoms with E-state index >= 15 is 0 Å². The quantitative estimate of drug-likeness (QED) is 0.419. The summed E-state index contributed by atoms with van der Waals surface area (Å²) < 4.78 is 0. The average Bonchev–Trinajstić information content (AvgIpc) is 3.23. The number of anilines is 2. The lowest BCUT2D eigenvalue weighted by Crippen LogP contribution is -2.34. The molecule has 10 nitrogen and oxygen atoms in total. The molecule has 30 heavy (non-hydrogen) atoms. The summed E-state index contributed by atoms with van der Waals surface area (Å²) in [5.41, 5.74) is 1.39. The molecule has 1 fully saturated rings. The summed E-state index contributed by atoms with van der Waals surface area (Å²) in [6.07, 6.45) is 1.94. The zero-order valence-corrected chi connectivity index (χ0v) is 16.9. The Morgan fingerprint density at radius 1 is 1.07 bits per heavy atom. The third kappa shape index (κ3) is 4.69. The van der Waals surface area contributed by atoms with Gasteiger partial charge in [-0.05, 0) is 49.7 Å². The highest BCUT2D eigenvalue weighted by Crippen LogP contribution is 2.31. The molecular formula is C19H19N5O5S. The maximum Gasteiger partial charge on any atom is 0.293 e. The fourth-order valence-corrected chi connectivity index (χ4v) is 3.43. The van der Waals surface area contributed by atoms with Crippen molar-refractivity contribution in [3.63, 3.8) is 0 Å². The molecule has 1 saturated heterocycles. The van der Waals surface area contributed by atoms with E-state index in [1.54, 1.807) is 19.1 Å². The van der Waals surface area contributed by atoms with Crippen LogP contribution in [-0.2, 0) is 0 Å². The third-order valence-corrected chi connectivity index (χ3v) is 4.99. The van der Waals surface area contributed by atoms with Crippen molar-refractivity contribution in [1.82, 2.24) is 5.32 Å².